The van der Waals surface area contributed by atoms with Crippen molar-refractivity contribution >= 4 is 20.0 Å². The van der Waals surface area contributed by atoms with E-state index in [-0.39, 0.29) is 22.4 Å². The minimum atomic E-state index is -3.63. The van der Waals surface area contributed by atoms with Crippen molar-refractivity contribution in [2.24, 2.45) is 5.73 Å². The van der Waals surface area contributed by atoms with Crippen LogP contribution in [0.4, 0.5) is 0 Å². The molecule has 21 heavy (non-hydrogen) atoms. The van der Waals surface area contributed by atoms with E-state index in [1.165, 1.54) is 24.3 Å². The van der Waals surface area contributed by atoms with Crippen LogP contribution in [0.1, 0.15) is 19.3 Å². The molecule has 0 aliphatic heterocycles. The summed E-state index contributed by atoms with van der Waals surface area (Å²) in [7, 11) is -7.19. The highest BCUT2D eigenvalue weighted by Crippen LogP contribution is 2.22. The predicted octanol–water partition coefficient (Wildman–Crippen LogP) is -0.246. The third-order valence-electron chi connectivity index (χ3n) is 3.02. The van der Waals surface area contributed by atoms with E-state index in [0.29, 0.717) is 13.0 Å². The lowest BCUT2D eigenvalue weighted by molar-refractivity contribution is 0.576. The zero-order valence-corrected chi connectivity index (χ0v) is 13.1. The van der Waals surface area contributed by atoms with Gasteiger partial charge >= 0.3 is 0 Å². The second-order valence-electron chi connectivity index (χ2n) is 4.91. The van der Waals surface area contributed by atoms with Crippen LogP contribution in [0.3, 0.4) is 0 Å². The molecule has 0 radical (unpaired) electrons. The summed E-state index contributed by atoms with van der Waals surface area (Å²) in [5, 5.41) is 0. The Labute approximate surface area is 125 Å². The maximum Gasteiger partial charge on any atom is 0.240 e. The van der Waals surface area contributed by atoms with Gasteiger partial charge in [0.1, 0.15) is 0 Å². The van der Waals surface area contributed by atoms with E-state index in [1.54, 1.807) is 0 Å². The summed E-state index contributed by atoms with van der Waals surface area (Å²) >= 11 is 0. The molecular formula is C12H19N3O4S2. The zero-order valence-electron chi connectivity index (χ0n) is 11.4. The Kier molecular flexibility index (Phi) is 4.99. The molecule has 0 spiro atoms. The van der Waals surface area contributed by atoms with Crippen LogP contribution in [-0.4, -0.2) is 36.0 Å². The third-order valence-corrected chi connectivity index (χ3v) is 6.03. The number of hydrogen-bond acceptors (Lipinski definition) is 5. The average molecular weight is 333 g/mol. The molecule has 0 bridgehead atoms. The molecule has 4 N–H and O–H groups in total. The first-order valence-electron chi connectivity index (χ1n) is 6.67. The Balaban J connectivity index is 2.11. The van der Waals surface area contributed by atoms with E-state index in [4.69, 9.17) is 5.73 Å². The molecule has 0 heterocycles. The summed E-state index contributed by atoms with van der Waals surface area (Å²) in [5.74, 6) is 0. The molecule has 0 aromatic heterocycles. The number of nitrogens with two attached hydrogens (primary N) is 1. The maximum atomic E-state index is 12.0. The lowest BCUT2D eigenvalue weighted by atomic mass is 10.4. The first kappa shape index (κ1) is 16.4. The van der Waals surface area contributed by atoms with Crippen LogP contribution in [0.25, 0.3) is 0 Å². The Morgan fingerprint density at radius 3 is 2.00 bits per heavy atom. The molecule has 1 aliphatic carbocycles. The molecule has 1 aromatic carbocycles. The third kappa shape index (κ3) is 4.48. The van der Waals surface area contributed by atoms with Gasteiger partial charge in [-0.3, -0.25) is 0 Å². The number of sulfonamides is 2. The molecule has 2 rings (SSSR count). The van der Waals surface area contributed by atoms with Gasteiger partial charge in [-0.15, -0.1) is 0 Å². The summed E-state index contributed by atoms with van der Waals surface area (Å²) in [6.07, 6.45) is 2.23. The molecule has 0 saturated heterocycles. The lowest BCUT2D eigenvalue weighted by Gasteiger charge is -2.08. The van der Waals surface area contributed by atoms with Crippen LogP contribution >= 0.6 is 0 Å². The normalized spacial score (nSPS) is 16.0. The van der Waals surface area contributed by atoms with Crippen molar-refractivity contribution in [3.63, 3.8) is 0 Å². The summed E-state index contributed by atoms with van der Waals surface area (Å²) in [6.45, 7) is 0.647. The first-order valence-corrected chi connectivity index (χ1v) is 9.64. The minimum absolute atomic E-state index is 0.0105. The number of benzene rings is 1. The van der Waals surface area contributed by atoms with E-state index in [0.717, 1.165) is 12.8 Å². The molecule has 9 heteroatoms. The van der Waals surface area contributed by atoms with E-state index < -0.39 is 20.0 Å². The Morgan fingerprint density at radius 1 is 1.00 bits per heavy atom. The van der Waals surface area contributed by atoms with Gasteiger partial charge in [-0.05, 0) is 50.1 Å². The van der Waals surface area contributed by atoms with E-state index in [1.807, 2.05) is 0 Å². The maximum absolute atomic E-state index is 12.0. The summed E-state index contributed by atoms with van der Waals surface area (Å²) in [4.78, 5) is 0.0974. The molecule has 0 unspecified atom stereocenters. The SMILES string of the molecule is NCCCNS(=O)(=O)c1ccc(S(=O)(=O)NC2CC2)cc1. The van der Waals surface area contributed by atoms with Crippen LogP contribution in [0.5, 0.6) is 0 Å². The second kappa shape index (κ2) is 6.41. The Morgan fingerprint density at radius 2 is 1.52 bits per heavy atom. The van der Waals surface area contributed by atoms with Crippen LogP contribution < -0.4 is 15.2 Å². The lowest BCUT2D eigenvalue weighted by Crippen LogP contribution is -2.27. The fourth-order valence-corrected chi connectivity index (χ4v) is 4.06. The first-order chi connectivity index (χ1) is 9.85. The predicted molar refractivity (Wildman–Crippen MR) is 78.6 cm³/mol. The van der Waals surface area contributed by atoms with E-state index >= 15 is 0 Å². The highest BCUT2D eigenvalue weighted by Gasteiger charge is 2.28. The molecule has 0 atom stereocenters. The van der Waals surface area contributed by atoms with E-state index in [9.17, 15) is 16.8 Å². The van der Waals surface area contributed by atoms with Gasteiger partial charge in [0.25, 0.3) is 0 Å². The van der Waals surface area contributed by atoms with Crippen LogP contribution in [0, 0.1) is 0 Å². The standard InChI is InChI=1S/C12H19N3O4S2/c13-8-1-9-14-20(16,17)11-4-6-12(7-5-11)21(18,19)15-10-2-3-10/h4-7,10,14-15H,1-3,8-9,13H2. The van der Waals surface area contributed by atoms with Gasteiger partial charge in [0, 0.05) is 12.6 Å². The topological polar surface area (TPSA) is 118 Å². The van der Waals surface area contributed by atoms with Gasteiger partial charge in [0.05, 0.1) is 9.79 Å². The second-order valence-corrected chi connectivity index (χ2v) is 8.39. The fourth-order valence-electron chi connectivity index (χ4n) is 1.68. The molecule has 7 nitrogen and oxygen atoms in total. The van der Waals surface area contributed by atoms with Crippen molar-refractivity contribution in [1.29, 1.82) is 0 Å². The van der Waals surface area contributed by atoms with Crippen molar-refractivity contribution in [2.45, 2.75) is 35.1 Å². The van der Waals surface area contributed by atoms with Crippen molar-refractivity contribution in [3.05, 3.63) is 24.3 Å². The van der Waals surface area contributed by atoms with Crippen LogP contribution in [0.2, 0.25) is 0 Å². The number of hydrogen-bond donors (Lipinski definition) is 3. The van der Waals surface area contributed by atoms with Gasteiger partial charge in [-0.2, -0.15) is 0 Å². The average Bonchev–Trinajstić information content (AvgIpc) is 3.22. The zero-order chi connectivity index (χ0) is 15.5. The summed E-state index contributed by atoms with van der Waals surface area (Å²) in [5.41, 5.74) is 5.30. The molecule has 1 saturated carbocycles. The van der Waals surface area contributed by atoms with Crippen LogP contribution in [0.15, 0.2) is 34.1 Å². The van der Waals surface area contributed by atoms with Crippen molar-refractivity contribution < 1.29 is 16.8 Å². The summed E-state index contributed by atoms with van der Waals surface area (Å²) in [6, 6.07) is 5.17. The minimum Gasteiger partial charge on any atom is -0.330 e. The van der Waals surface area contributed by atoms with Gasteiger partial charge in [-0.1, -0.05) is 0 Å². The Hall–Kier alpha value is -1.00. The van der Waals surface area contributed by atoms with Gasteiger partial charge in [0.15, 0.2) is 0 Å². The van der Waals surface area contributed by atoms with Crippen molar-refractivity contribution in [3.8, 4) is 0 Å². The quantitative estimate of drug-likeness (QED) is 0.567. The largest absolute Gasteiger partial charge is 0.330 e. The van der Waals surface area contributed by atoms with Crippen molar-refractivity contribution in [2.75, 3.05) is 13.1 Å². The smallest absolute Gasteiger partial charge is 0.240 e. The molecular weight excluding hydrogens is 314 g/mol. The molecule has 1 aliphatic rings. The van der Waals surface area contributed by atoms with Gasteiger partial charge < -0.3 is 5.73 Å². The molecule has 1 fully saturated rings. The fraction of sp³-hybridized carbons (Fsp3) is 0.500. The van der Waals surface area contributed by atoms with Gasteiger partial charge in [-0.25, -0.2) is 26.3 Å². The monoisotopic (exact) mass is 333 g/mol. The van der Waals surface area contributed by atoms with Gasteiger partial charge in [0.2, 0.25) is 20.0 Å². The summed E-state index contributed by atoms with van der Waals surface area (Å²) < 4.78 is 52.7. The molecule has 118 valence electrons. The molecule has 0 amide bonds. The number of rotatable bonds is 8. The van der Waals surface area contributed by atoms with Crippen molar-refractivity contribution in [1.82, 2.24) is 9.44 Å². The Bertz CT molecular complexity index is 680. The number of nitrogens with one attached hydrogen (secondary N) is 2. The highest BCUT2D eigenvalue weighted by atomic mass is 32.2. The molecule has 1 aromatic rings. The van der Waals surface area contributed by atoms with E-state index in [2.05, 4.69) is 9.44 Å². The highest BCUT2D eigenvalue weighted by molar-refractivity contribution is 7.90. The van der Waals surface area contributed by atoms with Crippen LogP contribution in [-0.2, 0) is 20.0 Å².